The molecule has 0 unspecified atom stereocenters. The minimum atomic E-state index is -3.93. The minimum absolute atomic E-state index is 0.0902. The maximum absolute atomic E-state index is 13.7. The molecule has 1 N–H and O–H groups in total. The summed E-state index contributed by atoms with van der Waals surface area (Å²) < 4.78 is 28.7. The molecule has 4 aromatic carbocycles. The first-order valence-corrected chi connectivity index (χ1v) is 12.0. The van der Waals surface area contributed by atoms with E-state index in [1.807, 2.05) is 61.5 Å². The monoisotopic (exact) mass is 456 g/mol. The number of carbonyl (C=O) groups excluding carboxylic acids is 1. The molecule has 0 fully saturated rings. The van der Waals surface area contributed by atoms with Gasteiger partial charge in [-0.25, -0.2) is 8.42 Å². The van der Waals surface area contributed by atoms with Gasteiger partial charge in [0.15, 0.2) is 0 Å². The summed E-state index contributed by atoms with van der Waals surface area (Å²) >= 11 is 0. The van der Waals surface area contributed by atoms with E-state index in [4.69, 9.17) is 0 Å². The summed E-state index contributed by atoms with van der Waals surface area (Å²) in [6.07, 6.45) is 0. The first kappa shape index (κ1) is 22.3. The zero-order chi connectivity index (χ0) is 23.3. The van der Waals surface area contributed by atoms with Crippen LogP contribution in [0.25, 0.3) is 0 Å². The molecule has 0 spiro atoms. The van der Waals surface area contributed by atoms with Crippen molar-refractivity contribution in [2.75, 3.05) is 9.62 Å². The molecule has 0 aliphatic heterocycles. The molecular formula is C27H24N2O3S. The summed E-state index contributed by atoms with van der Waals surface area (Å²) in [5.41, 5.74) is 3.12. The molecule has 0 saturated heterocycles. The molecule has 4 aromatic rings. The second-order valence-corrected chi connectivity index (χ2v) is 9.51. The number of amides is 1. The molecule has 0 aliphatic carbocycles. The molecule has 4 rings (SSSR count). The zero-order valence-corrected chi connectivity index (χ0v) is 19.0. The summed E-state index contributed by atoms with van der Waals surface area (Å²) in [6, 6.07) is 31.8. The van der Waals surface area contributed by atoms with Gasteiger partial charge in [-0.2, -0.15) is 0 Å². The number of rotatable bonds is 7. The summed E-state index contributed by atoms with van der Waals surface area (Å²) in [7, 11) is -3.93. The van der Waals surface area contributed by atoms with Crippen molar-refractivity contribution >= 4 is 27.3 Å². The second-order valence-electron chi connectivity index (χ2n) is 7.65. The van der Waals surface area contributed by atoms with Crippen LogP contribution in [0.5, 0.6) is 0 Å². The topological polar surface area (TPSA) is 66.5 Å². The van der Waals surface area contributed by atoms with Gasteiger partial charge in [-0.15, -0.1) is 0 Å². The number of nitrogens with zero attached hydrogens (tertiary/aromatic N) is 1. The maximum Gasteiger partial charge on any atom is 0.264 e. The highest BCUT2D eigenvalue weighted by Gasteiger charge is 2.28. The molecule has 166 valence electrons. The van der Waals surface area contributed by atoms with Crippen LogP contribution in [0.1, 0.15) is 21.5 Å². The highest BCUT2D eigenvalue weighted by atomic mass is 32.2. The van der Waals surface area contributed by atoms with E-state index in [9.17, 15) is 13.2 Å². The summed E-state index contributed by atoms with van der Waals surface area (Å²) in [6.45, 7) is 2.06. The Bertz CT molecular complexity index is 1340. The third-order valence-electron chi connectivity index (χ3n) is 5.23. The van der Waals surface area contributed by atoms with E-state index in [2.05, 4.69) is 5.32 Å². The predicted molar refractivity (Wildman–Crippen MR) is 132 cm³/mol. The highest BCUT2D eigenvalue weighted by molar-refractivity contribution is 7.92. The standard InChI is InChI=1S/C27H24N2O3S/c1-21-16-18-23(19-17-21)28-27(30)25-14-8-9-15-26(25)29(20-22-10-4-2-5-11-22)33(31,32)24-12-6-3-7-13-24/h2-19H,20H2,1H3,(H,28,30). The Labute approximate surface area is 194 Å². The van der Waals surface area contributed by atoms with E-state index in [-0.39, 0.29) is 22.9 Å². The number of sulfonamides is 1. The molecule has 0 aliphatic rings. The van der Waals surface area contributed by atoms with Crippen LogP contribution < -0.4 is 9.62 Å². The third-order valence-corrected chi connectivity index (χ3v) is 7.00. The average molecular weight is 457 g/mol. The van der Waals surface area contributed by atoms with Crippen molar-refractivity contribution in [2.24, 2.45) is 0 Å². The molecule has 0 aromatic heterocycles. The van der Waals surface area contributed by atoms with Crippen LogP contribution >= 0.6 is 0 Å². The smallest absolute Gasteiger partial charge is 0.264 e. The fourth-order valence-corrected chi connectivity index (χ4v) is 4.98. The Morgan fingerprint density at radius 2 is 1.33 bits per heavy atom. The normalized spacial score (nSPS) is 11.1. The summed E-state index contributed by atoms with van der Waals surface area (Å²) in [4.78, 5) is 13.4. The number of hydrogen-bond acceptors (Lipinski definition) is 3. The van der Waals surface area contributed by atoms with Crippen LogP contribution in [0, 0.1) is 6.92 Å². The molecule has 0 atom stereocenters. The van der Waals surface area contributed by atoms with Gasteiger partial charge in [0.25, 0.3) is 15.9 Å². The predicted octanol–water partition coefficient (Wildman–Crippen LogP) is 5.64. The van der Waals surface area contributed by atoms with Crippen molar-refractivity contribution in [3.8, 4) is 0 Å². The lowest BCUT2D eigenvalue weighted by atomic mass is 10.1. The molecule has 1 amide bonds. The molecule has 0 heterocycles. The number of nitrogens with one attached hydrogen (secondary N) is 1. The highest BCUT2D eigenvalue weighted by Crippen LogP contribution is 2.30. The van der Waals surface area contributed by atoms with Crippen molar-refractivity contribution < 1.29 is 13.2 Å². The van der Waals surface area contributed by atoms with Crippen molar-refractivity contribution in [2.45, 2.75) is 18.4 Å². The lowest BCUT2D eigenvalue weighted by Crippen LogP contribution is -2.32. The molecule has 6 heteroatoms. The van der Waals surface area contributed by atoms with E-state index in [0.29, 0.717) is 11.4 Å². The number of hydrogen-bond donors (Lipinski definition) is 1. The van der Waals surface area contributed by atoms with E-state index in [1.165, 1.54) is 4.31 Å². The second kappa shape index (κ2) is 9.71. The molecule has 0 saturated carbocycles. The first-order valence-electron chi connectivity index (χ1n) is 10.5. The van der Waals surface area contributed by atoms with E-state index in [1.54, 1.807) is 54.6 Å². The lowest BCUT2D eigenvalue weighted by molar-refractivity contribution is 0.102. The Morgan fingerprint density at radius 3 is 2.00 bits per heavy atom. The number of aryl methyl sites for hydroxylation is 1. The molecule has 0 radical (unpaired) electrons. The van der Waals surface area contributed by atoms with Gasteiger partial charge in [0.1, 0.15) is 0 Å². The zero-order valence-electron chi connectivity index (χ0n) is 18.2. The Morgan fingerprint density at radius 1 is 0.758 bits per heavy atom. The van der Waals surface area contributed by atoms with Crippen LogP contribution in [0.4, 0.5) is 11.4 Å². The van der Waals surface area contributed by atoms with Gasteiger partial charge in [0.2, 0.25) is 0 Å². The summed E-state index contributed by atoms with van der Waals surface area (Å²) in [5, 5.41) is 2.88. The number of carbonyl (C=O) groups is 1. The fourth-order valence-electron chi connectivity index (χ4n) is 3.49. The maximum atomic E-state index is 13.7. The molecule has 0 bridgehead atoms. The third kappa shape index (κ3) is 5.13. The lowest BCUT2D eigenvalue weighted by Gasteiger charge is -2.26. The Kier molecular flexibility index (Phi) is 6.56. The first-order chi connectivity index (χ1) is 15.9. The van der Waals surface area contributed by atoms with Gasteiger partial charge in [-0.1, -0.05) is 78.4 Å². The summed E-state index contributed by atoms with van der Waals surface area (Å²) in [5.74, 6) is -0.379. The largest absolute Gasteiger partial charge is 0.322 e. The molecule has 5 nitrogen and oxygen atoms in total. The van der Waals surface area contributed by atoms with Gasteiger partial charge >= 0.3 is 0 Å². The molecule has 33 heavy (non-hydrogen) atoms. The van der Waals surface area contributed by atoms with Crippen molar-refractivity contribution in [1.29, 1.82) is 0 Å². The Balaban J connectivity index is 1.77. The van der Waals surface area contributed by atoms with E-state index >= 15 is 0 Å². The van der Waals surface area contributed by atoms with Crippen LogP contribution in [-0.2, 0) is 16.6 Å². The van der Waals surface area contributed by atoms with Crippen LogP contribution in [0.3, 0.4) is 0 Å². The van der Waals surface area contributed by atoms with Crippen LogP contribution in [0.2, 0.25) is 0 Å². The van der Waals surface area contributed by atoms with Crippen molar-refractivity contribution in [3.05, 3.63) is 126 Å². The van der Waals surface area contributed by atoms with Gasteiger partial charge in [0, 0.05) is 5.69 Å². The van der Waals surface area contributed by atoms with Gasteiger partial charge in [0.05, 0.1) is 22.7 Å². The van der Waals surface area contributed by atoms with E-state index in [0.717, 1.165) is 11.1 Å². The van der Waals surface area contributed by atoms with Crippen LogP contribution in [0.15, 0.2) is 114 Å². The van der Waals surface area contributed by atoms with Gasteiger partial charge in [-0.3, -0.25) is 9.10 Å². The van der Waals surface area contributed by atoms with Crippen molar-refractivity contribution in [3.63, 3.8) is 0 Å². The van der Waals surface area contributed by atoms with Crippen LogP contribution in [-0.4, -0.2) is 14.3 Å². The number of anilines is 2. The molecular weight excluding hydrogens is 432 g/mol. The minimum Gasteiger partial charge on any atom is -0.322 e. The Hall–Kier alpha value is -3.90. The average Bonchev–Trinajstić information content (AvgIpc) is 2.85. The number of para-hydroxylation sites is 1. The van der Waals surface area contributed by atoms with Crippen molar-refractivity contribution in [1.82, 2.24) is 0 Å². The quantitative estimate of drug-likeness (QED) is 0.391. The van der Waals surface area contributed by atoms with Gasteiger partial charge < -0.3 is 5.32 Å². The SMILES string of the molecule is Cc1ccc(NC(=O)c2ccccc2N(Cc2ccccc2)S(=O)(=O)c2ccccc2)cc1. The van der Waals surface area contributed by atoms with E-state index < -0.39 is 10.0 Å². The fraction of sp³-hybridized carbons (Fsp3) is 0.0741. The van der Waals surface area contributed by atoms with Gasteiger partial charge in [-0.05, 0) is 48.9 Å². The number of benzene rings is 4.